The fraction of sp³-hybridized carbons (Fsp3) is 0.273. The summed E-state index contributed by atoms with van der Waals surface area (Å²) in [7, 11) is 0. The minimum absolute atomic E-state index is 0.226. The van der Waals surface area contributed by atoms with E-state index in [4.69, 9.17) is 14.1 Å². The Morgan fingerprint density at radius 1 is 1.09 bits per heavy atom. The van der Waals surface area contributed by atoms with Gasteiger partial charge in [0.05, 0.1) is 38.7 Å². The molecule has 0 saturated heterocycles. The zero-order valence-corrected chi connectivity index (χ0v) is 26.8. The highest BCUT2D eigenvalue weighted by Gasteiger charge is 2.34. The molecule has 0 bridgehead atoms. The molecule has 43 heavy (non-hydrogen) atoms. The summed E-state index contributed by atoms with van der Waals surface area (Å²) >= 11 is 4.37. The van der Waals surface area contributed by atoms with Crippen LogP contribution in [0, 0.1) is 0 Å². The van der Waals surface area contributed by atoms with E-state index in [0.29, 0.717) is 43.8 Å². The fourth-order valence-corrected chi connectivity index (χ4v) is 8.05. The predicted octanol–water partition coefficient (Wildman–Crippen LogP) is 7.06. The molecule has 1 aliphatic heterocycles. The summed E-state index contributed by atoms with van der Waals surface area (Å²) in [6, 6.07) is 19.3. The number of rotatable bonds is 9. The predicted molar refractivity (Wildman–Crippen MR) is 173 cm³/mol. The minimum atomic E-state index is -0.637. The van der Waals surface area contributed by atoms with Gasteiger partial charge in [-0.2, -0.15) is 0 Å². The lowest BCUT2D eigenvalue weighted by Crippen LogP contribution is -2.40. The van der Waals surface area contributed by atoms with Crippen LogP contribution >= 0.6 is 34.4 Å². The number of nitrogens with zero attached hydrogens (tertiary/aromatic N) is 3. The maximum atomic E-state index is 14.0. The number of furan rings is 1. The van der Waals surface area contributed by atoms with Crippen molar-refractivity contribution >= 4 is 56.7 Å². The first-order valence-electron chi connectivity index (χ1n) is 14.3. The molecule has 0 N–H and O–H groups in total. The largest absolute Gasteiger partial charge is 0.463 e. The van der Waals surface area contributed by atoms with Crippen LogP contribution in [0.1, 0.15) is 69.4 Å². The SMILES string of the molecule is CCCC1=C(C(=O)OCC)[C@H](c2ccc(C(C)C)cc2)n2c(s/c(=C/c3ccc(Sc4nc5ccccc5s4)o3)c2=O)=N1. The number of carbonyl (C=O) groups excluding carboxylic acids is 1. The van der Waals surface area contributed by atoms with Gasteiger partial charge in [-0.25, -0.2) is 14.8 Å². The third-order valence-corrected chi connectivity index (χ3v) is 10.1. The van der Waals surface area contributed by atoms with E-state index in [2.05, 4.69) is 37.0 Å². The quantitative estimate of drug-likeness (QED) is 0.162. The molecule has 0 saturated carbocycles. The normalized spacial score (nSPS) is 15.3. The summed E-state index contributed by atoms with van der Waals surface area (Å²) in [4.78, 5) is 37.5. The van der Waals surface area contributed by atoms with Crippen LogP contribution in [0.3, 0.4) is 0 Å². The van der Waals surface area contributed by atoms with E-state index < -0.39 is 12.0 Å². The van der Waals surface area contributed by atoms with Crippen molar-refractivity contribution in [3.05, 3.63) is 109 Å². The van der Waals surface area contributed by atoms with Crippen molar-refractivity contribution in [3.8, 4) is 0 Å². The zero-order chi connectivity index (χ0) is 30.1. The number of carbonyl (C=O) groups is 1. The van der Waals surface area contributed by atoms with Gasteiger partial charge in [0, 0.05) is 6.08 Å². The van der Waals surface area contributed by atoms with Crippen LogP contribution < -0.4 is 14.9 Å². The van der Waals surface area contributed by atoms with Gasteiger partial charge in [-0.1, -0.05) is 74.9 Å². The molecule has 0 amide bonds. The molecule has 0 unspecified atom stereocenters. The second kappa shape index (κ2) is 12.5. The summed E-state index contributed by atoms with van der Waals surface area (Å²) < 4.78 is 15.7. The van der Waals surface area contributed by atoms with Gasteiger partial charge < -0.3 is 9.15 Å². The molecule has 6 rings (SSSR count). The standard InChI is InChI=1S/C33H31N3O4S3/c1-5-9-24-28(31(38)39-6-2)29(21-14-12-20(13-15-21)19(3)4)36-30(37)26(41-32(36)34-24)18-22-16-17-27(40-22)43-33-35-23-10-7-8-11-25(23)42-33/h7-8,10-19,29H,5-6,9H2,1-4H3/b26-18+/t29-/m0/s1. The van der Waals surface area contributed by atoms with E-state index in [-0.39, 0.29) is 12.2 Å². The molecule has 0 radical (unpaired) electrons. The molecular formula is C33H31N3O4S3. The average molecular weight is 630 g/mol. The van der Waals surface area contributed by atoms with Gasteiger partial charge in [-0.05, 0) is 66.4 Å². The van der Waals surface area contributed by atoms with Crippen LogP contribution in [0.4, 0.5) is 0 Å². The van der Waals surface area contributed by atoms with E-state index in [1.807, 2.05) is 49.4 Å². The first kappa shape index (κ1) is 29.3. The summed E-state index contributed by atoms with van der Waals surface area (Å²) in [6.07, 6.45) is 3.15. The van der Waals surface area contributed by atoms with Gasteiger partial charge in [0.2, 0.25) is 0 Å². The Morgan fingerprint density at radius 3 is 2.60 bits per heavy atom. The number of hydrogen-bond acceptors (Lipinski definition) is 9. The number of thiazole rings is 2. The van der Waals surface area contributed by atoms with E-state index in [1.165, 1.54) is 28.7 Å². The van der Waals surface area contributed by atoms with Crippen LogP contribution in [0.15, 0.2) is 95.6 Å². The Balaban J connectivity index is 1.42. The van der Waals surface area contributed by atoms with Crippen LogP contribution in [0.25, 0.3) is 16.3 Å². The van der Waals surface area contributed by atoms with Crippen LogP contribution in [-0.4, -0.2) is 22.1 Å². The molecule has 0 fully saturated rings. The number of allylic oxidation sites excluding steroid dienone is 1. The van der Waals surface area contributed by atoms with Gasteiger partial charge in [-0.3, -0.25) is 9.36 Å². The molecule has 10 heteroatoms. The highest BCUT2D eigenvalue weighted by atomic mass is 32.2. The molecule has 0 spiro atoms. The molecule has 220 valence electrons. The number of aromatic nitrogens is 2. The van der Waals surface area contributed by atoms with Gasteiger partial charge in [-0.15, -0.1) is 11.3 Å². The Labute approximate surface area is 261 Å². The van der Waals surface area contributed by atoms with Crippen molar-refractivity contribution in [2.45, 2.75) is 61.9 Å². The number of benzene rings is 2. The third kappa shape index (κ3) is 5.91. The lowest BCUT2D eigenvalue weighted by Gasteiger charge is -2.26. The molecule has 0 aliphatic carbocycles. The first-order chi connectivity index (χ1) is 20.9. The molecule has 5 aromatic rings. The Bertz CT molecular complexity index is 1980. The molecule has 1 aliphatic rings. The molecule has 3 aromatic heterocycles. The second-order valence-electron chi connectivity index (χ2n) is 10.4. The molecule has 4 heterocycles. The first-order valence-corrected chi connectivity index (χ1v) is 16.8. The average Bonchev–Trinajstić information content (AvgIpc) is 3.70. The number of ether oxygens (including phenoxy) is 1. The molecule has 7 nitrogen and oxygen atoms in total. The van der Waals surface area contributed by atoms with Crippen molar-refractivity contribution < 1.29 is 13.9 Å². The van der Waals surface area contributed by atoms with Crippen LogP contribution in [-0.2, 0) is 9.53 Å². The Morgan fingerprint density at radius 2 is 1.88 bits per heavy atom. The van der Waals surface area contributed by atoms with Crippen molar-refractivity contribution in [1.82, 2.24) is 9.55 Å². The van der Waals surface area contributed by atoms with Gasteiger partial charge in [0.25, 0.3) is 5.56 Å². The topological polar surface area (TPSA) is 86.7 Å². The number of fused-ring (bicyclic) bond motifs is 2. The van der Waals surface area contributed by atoms with Crippen molar-refractivity contribution in [2.75, 3.05) is 6.61 Å². The maximum Gasteiger partial charge on any atom is 0.338 e. The lowest BCUT2D eigenvalue weighted by molar-refractivity contribution is -0.139. The Hall–Kier alpha value is -3.73. The van der Waals surface area contributed by atoms with Gasteiger partial charge in [0.15, 0.2) is 14.2 Å². The number of para-hydroxylation sites is 1. The van der Waals surface area contributed by atoms with E-state index >= 15 is 0 Å². The van der Waals surface area contributed by atoms with E-state index in [0.717, 1.165) is 26.5 Å². The molecular weight excluding hydrogens is 599 g/mol. The summed E-state index contributed by atoms with van der Waals surface area (Å²) in [5.41, 5.74) is 3.85. The van der Waals surface area contributed by atoms with E-state index in [9.17, 15) is 9.59 Å². The third-order valence-electron chi connectivity index (χ3n) is 7.15. The second-order valence-corrected chi connectivity index (χ2v) is 13.7. The van der Waals surface area contributed by atoms with Crippen LogP contribution in [0.2, 0.25) is 0 Å². The van der Waals surface area contributed by atoms with Crippen molar-refractivity contribution in [2.24, 2.45) is 4.99 Å². The minimum Gasteiger partial charge on any atom is -0.463 e. The van der Waals surface area contributed by atoms with Crippen molar-refractivity contribution in [1.29, 1.82) is 0 Å². The monoisotopic (exact) mass is 629 g/mol. The molecule has 1 atom stereocenters. The highest BCUT2D eigenvalue weighted by Crippen LogP contribution is 2.36. The summed E-state index contributed by atoms with van der Waals surface area (Å²) in [5, 5.41) is 0.691. The van der Waals surface area contributed by atoms with Crippen molar-refractivity contribution in [3.63, 3.8) is 0 Å². The number of esters is 1. The lowest BCUT2D eigenvalue weighted by atomic mass is 9.92. The van der Waals surface area contributed by atoms with Crippen LogP contribution in [0.5, 0.6) is 0 Å². The number of hydrogen-bond donors (Lipinski definition) is 0. The fourth-order valence-electron chi connectivity index (χ4n) is 5.08. The Kier molecular flexibility index (Phi) is 8.52. The maximum absolute atomic E-state index is 14.0. The highest BCUT2D eigenvalue weighted by molar-refractivity contribution is 8.01. The zero-order valence-electron chi connectivity index (χ0n) is 24.3. The van der Waals surface area contributed by atoms with E-state index in [1.54, 1.807) is 28.9 Å². The summed E-state index contributed by atoms with van der Waals surface area (Å²) in [6.45, 7) is 8.35. The van der Waals surface area contributed by atoms with Gasteiger partial charge >= 0.3 is 5.97 Å². The smallest absolute Gasteiger partial charge is 0.338 e. The summed E-state index contributed by atoms with van der Waals surface area (Å²) in [5.74, 6) is 0.479. The van der Waals surface area contributed by atoms with Gasteiger partial charge in [0.1, 0.15) is 5.76 Å². The molecule has 2 aromatic carbocycles.